The third-order valence-electron chi connectivity index (χ3n) is 3.67. The summed E-state index contributed by atoms with van der Waals surface area (Å²) in [5.74, 6) is -0.165. The molecule has 0 aromatic carbocycles. The smallest absolute Gasteiger partial charge is 0.187 e. The van der Waals surface area contributed by atoms with E-state index < -0.39 is 42.2 Å². The van der Waals surface area contributed by atoms with Crippen molar-refractivity contribution < 1.29 is 35.0 Å². The minimum atomic E-state index is -1.42. The maximum absolute atomic E-state index is 10.1. The first-order valence-electron chi connectivity index (χ1n) is 7.48. The van der Waals surface area contributed by atoms with Gasteiger partial charge in [-0.25, -0.2) is 0 Å². The SMILES string of the molecule is CC[C@H](O[C@@H]1OC[C@@H](O)C(O)C1O)/C(O)=C\[C@@H](O)C(C)(C)C. The summed E-state index contributed by atoms with van der Waals surface area (Å²) in [5.41, 5.74) is -0.437. The van der Waals surface area contributed by atoms with Crippen LogP contribution in [0.4, 0.5) is 0 Å². The second-order valence-corrected chi connectivity index (χ2v) is 6.69. The van der Waals surface area contributed by atoms with Crippen molar-refractivity contribution in [1.82, 2.24) is 0 Å². The Kier molecular flexibility index (Phi) is 6.79. The van der Waals surface area contributed by atoms with Crippen LogP contribution in [-0.2, 0) is 9.47 Å². The van der Waals surface area contributed by atoms with E-state index in [1.165, 1.54) is 6.08 Å². The fraction of sp³-hybridized carbons (Fsp3) is 0.867. The number of aliphatic hydroxyl groups is 5. The van der Waals surface area contributed by atoms with Gasteiger partial charge in [-0.2, -0.15) is 0 Å². The van der Waals surface area contributed by atoms with Crippen molar-refractivity contribution >= 4 is 0 Å². The van der Waals surface area contributed by atoms with Gasteiger partial charge in [0.25, 0.3) is 0 Å². The van der Waals surface area contributed by atoms with Crippen molar-refractivity contribution in [2.24, 2.45) is 5.41 Å². The first-order valence-corrected chi connectivity index (χ1v) is 7.48. The van der Waals surface area contributed by atoms with Crippen molar-refractivity contribution in [3.63, 3.8) is 0 Å². The molecular weight excluding hydrogens is 292 g/mol. The van der Waals surface area contributed by atoms with Gasteiger partial charge in [0.05, 0.1) is 12.7 Å². The number of aliphatic hydroxyl groups excluding tert-OH is 5. The molecule has 1 saturated heterocycles. The van der Waals surface area contributed by atoms with E-state index in [1.807, 2.05) is 20.8 Å². The van der Waals surface area contributed by atoms with Crippen molar-refractivity contribution in [2.75, 3.05) is 6.61 Å². The van der Waals surface area contributed by atoms with E-state index in [-0.39, 0.29) is 12.4 Å². The number of ether oxygens (including phenoxy) is 2. The van der Waals surface area contributed by atoms with Crippen LogP contribution >= 0.6 is 0 Å². The lowest BCUT2D eigenvalue weighted by Gasteiger charge is -2.36. The van der Waals surface area contributed by atoms with Crippen molar-refractivity contribution in [3.05, 3.63) is 11.8 Å². The summed E-state index contributed by atoms with van der Waals surface area (Å²) in [5, 5.41) is 48.9. The molecule has 1 fully saturated rings. The van der Waals surface area contributed by atoms with Crippen LogP contribution in [-0.4, -0.2) is 68.9 Å². The first-order chi connectivity index (χ1) is 10.1. The molecule has 1 aliphatic rings. The van der Waals surface area contributed by atoms with Crippen LogP contribution in [0.5, 0.6) is 0 Å². The standard InChI is InChI=1S/C15H28O7/c1-5-10(8(16)6-11(18)15(2,3)4)22-14-13(20)12(19)9(17)7-21-14/h6,9-14,16-20H,5,7H2,1-4H3/b8-6+/t9-,10+,11-,12?,13?,14+/m1/s1. The van der Waals surface area contributed by atoms with Gasteiger partial charge in [0, 0.05) is 0 Å². The molecule has 0 spiro atoms. The summed E-state index contributed by atoms with van der Waals surface area (Å²) in [4.78, 5) is 0. The van der Waals surface area contributed by atoms with E-state index in [9.17, 15) is 25.5 Å². The molecule has 1 aliphatic heterocycles. The monoisotopic (exact) mass is 320 g/mol. The Balaban J connectivity index is 2.74. The van der Waals surface area contributed by atoms with Gasteiger partial charge in [0.2, 0.25) is 0 Å². The van der Waals surface area contributed by atoms with Gasteiger partial charge < -0.3 is 35.0 Å². The number of rotatable bonds is 5. The van der Waals surface area contributed by atoms with Crippen LogP contribution in [0, 0.1) is 5.41 Å². The predicted octanol–water partition coefficient (Wildman–Crippen LogP) is 0.0695. The second-order valence-electron chi connectivity index (χ2n) is 6.69. The molecule has 0 aliphatic carbocycles. The zero-order chi connectivity index (χ0) is 17.1. The molecular formula is C15H28O7. The maximum Gasteiger partial charge on any atom is 0.187 e. The third kappa shape index (κ3) is 4.91. The van der Waals surface area contributed by atoms with Gasteiger partial charge in [-0.15, -0.1) is 0 Å². The van der Waals surface area contributed by atoms with E-state index in [0.717, 1.165) is 0 Å². The van der Waals surface area contributed by atoms with Gasteiger partial charge in [-0.3, -0.25) is 0 Å². The van der Waals surface area contributed by atoms with Crippen LogP contribution in [0.1, 0.15) is 34.1 Å². The van der Waals surface area contributed by atoms with Gasteiger partial charge >= 0.3 is 0 Å². The molecule has 130 valence electrons. The number of hydrogen-bond donors (Lipinski definition) is 5. The quantitative estimate of drug-likeness (QED) is 0.455. The van der Waals surface area contributed by atoms with E-state index in [2.05, 4.69) is 0 Å². The molecule has 1 rings (SSSR count). The zero-order valence-electron chi connectivity index (χ0n) is 13.5. The molecule has 7 nitrogen and oxygen atoms in total. The molecule has 0 bridgehead atoms. The molecule has 2 unspecified atom stereocenters. The average molecular weight is 320 g/mol. The Bertz CT molecular complexity index is 377. The Hall–Kier alpha value is -0.700. The lowest BCUT2D eigenvalue weighted by atomic mass is 9.88. The molecule has 0 aromatic rings. The van der Waals surface area contributed by atoms with Gasteiger partial charge in [0.1, 0.15) is 30.2 Å². The van der Waals surface area contributed by atoms with E-state index in [1.54, 1.807) is 6.92 Å². The highest BCUT2D eigenvalue weighted by Crippen LogP contribution is 2.24. The Morgan fingerprint density at radius 2 is 1.86 bits per heavy atom. The summed E-state index contributed by atoms with van der Waals surface area (Å²) in [6.45, 7) is 7.08. The van der Waals surface area contributed by atoms with Gasteiger partial charge in [-0.05, 0) is 17.9 Å². The third-order valence-corrected chi connectivity index (χ3v) is 3.67. The zero-order valence-corrected chi connectivity index (χ0v) is 13.5. The van der Waals surface area contributed by atoms with Crippen LogP contribution in [0.3, 0.4) is 0 Å². The Morgan fingerprint density at radius 1 is 1.27 bits per heavy atom. The molecule has 6 atom stereocenters. The summed E-state index contributed by atoms with van der Waals surface area (Å²) < 4.78 is 10.6. The minimum absolute atomic E-state index is 0.165. The molecule has 0 aromatic heterocycles. The van der Waals surface area contributed by atoms with Crippen LogP contribution in [0.15, 0.2) is 11.8 Å². The van der Waals surface area contributed by atoms with Crippen LogP contribution in [0.25, 0.3) is 0 Å². The van der Waals surface area contributed by atoms with Crippen LogP contribution < -0.4 is 0 Å². The lowest BCUT2D eigenvalue weighted by Crippen LogP contribution is -2.54. The molecule has 7 heteroatoms. The summed E-state index contributed by atoms with van der Waals surface area (Å²) >= 11 is 0. The summed E-state index contributed by atoms with van der Waals surface area (Å²) in [6, 6.07) is 0. The van der Waals surface area contributed by atoms with Gasteiger partial charge in [-0.1, -0.05) is 27.7 Å². The predicted molar refractivity (Wildman–Crippen MR) is 79.1 cm³/mol. The molecule has 5 N–H and O–H groups in total. The molecule has 22 heavy (non-hydrogen) atoms. The largest absolute Gasteiger partial charge is 0.510 e. The molecule has 0 saturated carbocycles. The normalized spacial score (nSPS) is 33.5. The van der Waals surface area contributed by atoms with Crippen molar-refractivity contribution in [3.8, 4) is 0 Å². The highest BCUT2D eigenvalue weighted by Gasteiger charge is 2.39. The van der Waals surface area contributed by atoms with Crippen molar-refractivity contribution in [1.29, 1.82) is 0 Å². The lowest BCUT2D eigenvalue weighted by molar-refractivity contribution is -0.281. The van der Waals surface area contributed by atoms with E-state index in [4.69, 9.17) is 9.47 Å². The minimum Gasteiger partial charge on any atom is -0.510 e. The second kappa shape index (κ2) is 7.72. The fourth-order valence-electron chi connectivity index (χ4n) is 1.96. The first kappa shape index (κ1) is 19.3. The fourth-order valence-corrected chi connectivity index (χ4v) is 1.96. The molecule has 1 heterocycles. The van der Waals surface area contributed by atoms with Crippen LogP contribution in [0.2, 0.25) is 0 Å². The topological polar surface area (TPSA) is 120 Å². The van der Waals surface area contributed by atoms with Crippen molar-refractivity contribution in [2.45, 2.75) is 70.9 Å². The average Bonchev–Trinajstić information content (AvgIpc) is 2.43. The summed E-state index contributed by atoms with van der Waals surface area (Å²) in [6.07, 6.45) is -5.11. The highest BCUT2D eigenvalue weighted by atomic mass is 16.7. The number of hydrogen-bond acceptors (Lipinski definition) is 7. The van der Waals surface area contributed by atoms with Gasteiger partial charge in [0.15, 0.2) is 6.29 Å². The summed E-state index contributed by atoms with van der Waals surface area (Å²) in [7, 11) is 0. The Labute approximate surface area is 130 Å². The molecule has 0 amide bonds. The van der Waals surface area contributed by atoms with E-state index in [0.29, 0.717) is 6.42 Å². The van der Waals surface area contributed by atoms with E-state index >= 15 is 0 Å². The molecule has 0 radical (unpaired) electrons. The Morgan fingerprint density at radius 3 is 2.36 bits per heavy atom. The highest BCUT2D eigenvalue weighted by molar-refractivity contribution is 5.05. The maximum atomic E-state index is 10.1.